The van der Waals surface area contributed by atoms with Crippen LogP contribution in [0.25, 0.3) is 0 Å². The number of anilines is 1. The van der Waals surface area contributed by atoms with Gasteiger partial charge in [0.15, 0.2) is 5.11 Å². The number of ether oxygens (including phenoxy) is 1. The average Bonchev–Trinajstić information content (AvgIpc) is 2.90. The average molecular weight is 321 g/mol. The number of benzene rings is 1. The van der Waals surface area contributed by atoms with Crippen molar-refractivity contribution in [2.75, 3.05) is 5.32 Å². The zero-order valence-electron chi connectivity index (χ0n) is 14.1. The van der Waals surface area contributed by atoms with Gasteiger partial charge in [0.25, 0.3) is 0 Å². The van der Waals surface area contributed by atoms with Crippen molar-refractivity contribution in [1.82, 2.24) is 5.32 Å². The van der Waals surface area contributed by atoms with Crippen molar-refractivity contribution in [3.8, 4) is 5.75 Å². The first kappa shape index (κ1) is 17.1. The maximum absolute atomic E-state index is 5.65. The van der Waals surface area contributed by atoms with E-state index in [1.165, 1.54) is 25.7 Å². The Bertz CT molecular complexity index is 490. The van der Waals surface area contributed by atoms with Crippen LogP contribution in [0.15, 0.2) is 24.3 Å². The highest BCUT2D eigenvalue weighted by atomic mass is 32.1. The van der Waals surface area contributed by atoms with Gasteiger partial charge in [-0.3, -0.25) is 0 Å². The molecule has 0 spiro atoms. The van der Waals surface area contributed by atoms with E-state index in [0.29, 0.717) is 11.0 Å². The van der Waals surface area contributed by atoms with Crippen LogP contribution in [0, 0.1) is 5.92 Å². The summed E-state index contributed by atoms with van der Waals surface area (Å²) in [5.41, 5.74) is 1.15. The van der Waals surface area contributed by atoms with E-state index in [9.17, 15) is 0 Å². The molecule has 2 rings (SSSR count). The van der Waals surface area contributed by atoms with E-state index in [-0.39, 0.29) is 11.6 Å². The van der Waals surface area contributed by atoms with Gasteiger partial charge in [0, 0.05) is 11.2 Å². The molecular formula is C18H28N2OS. The van der Waals surface area contributed by atoms with Crippen LogP contribution >= 0.6 is 12.2 Å². The molecule has 0 radical (unpaired) electrons. The quantitative estimate of drug-likeness (QED) is 0.769. The molecule has 1 fully saturated rings. The van der Waals surface area contributed by atoms with E-state index < -0.39 is 0 Å². The first-order valence-corrected chi connectivity index (χ1v) is 8.68. The molecule has 0 heterocycles. The number of hydrogen-bond donors (Lipinski definition) is 2. The smallest absolute Gasteiger partial charge is 0.171 e. The standard InChI is InChI=1S/C18H28N2OS/c1-13(2)18(11-5-6-12-18)20-17(22)19-15-7-9-16(10-8-15)21-14(3)4/h7-10,13-14H,5-6,11-12H2,1-4H3,(H2,19,20,22). The van der Waals surface area contributed by atoms with E-state index in [0.717, 1.165) is 11.4 Å². The summed E-state index contributed by atoms with van der Waals surface area (Å²) in [5, 5.41) is 7.59. The molecule has 0 aliphatic heterocycles. The van der Waals surface area contributed by atoms with E-state index in [1.807, 2.05) is 38.1 Å². The monoisotopic (exact) mass is 320 g/mol. The number of hydrogen-bond acceptors (Lipinski definition) is 2. The molecule has 1 aliphatic rings. The normalized spacial score (nSPS) is 16.8. The Morgan fingerprint density at radius 1 is 1.09 bits per heavy atom. The summed E-state index contributed by atoms with van der Waals surface area (Å²) in [4.78, 5) is 0. The molecule has 0 saturated heterocycles. The Morgan fingerprint density at radius 2 is 1.68 bits per heavy atom. The summed E-state index contributed by atoms with van der Waals surface area (Å²) in [5.74, 6) is 1.46. The van der Waals surface area contributed by atoms with Gasteiger partial charge in [0.05, 0.1) is 6.10 Å². The summed E-state index contributed by atoms with van der Waals surface area (Å²) in [6.07, 6.45) is 5.17. The topological polar surface area (TPSA) is 33.3 Å². The first-order valence-electron chi connectivity index (χ1n) is 8.27. The minimum absolute atomic E-state index is 0.158. The Labute approximate surface area is 139 Å². The lowest BCUT2D eigenvalue weighted by atomic mass is 9.85. The molecule has 122 valence electrons. The summed E-state index contributed by atoms with van der Waals surface area (Å²) in [6.45, 7) is 8.61. The predicted octanol–water partition coefficient (Wildman–Crippen LogP) is 4.73. The van der Waals surface area contributed by atoms with Gasteiger partial charge in [0.1, 0.15) is 5.75 Å². The Hall–Kier alpha value is -1.29. The zero-order valence-corrected chi connectivity index (χ0v) is 14.9. The van der Waals surface area contributed by atoms with E-state index >= 15 is 0 Å². The fraction of sp³-hybridized carbons (Fsp3) is 0.611. The van der Waals surface area contributed by atoms with Crippen LogP contribution < -0.4 is 15.4 Å². The highest BCUT2D eigenvalue weighted by Gasteiger charge is 2.37. The molecule has 1 aromatic carbocycles. The largest absolute Gasteiger partial charge is 0.491 e. The molecule has 1 aromatic rings. The van der Waals surface area contributed by atoms with Crippen LogP contribution in [-0.2, 0) is 0 Å². The Morgan fingerprint density at radius 3 is 2.18 bits per heavy atom. The van der Waals surface area contributed by atoms with Gasteiger partial charge in [-0.1, -0.05) is 26.7 Å². The molecule has 0 bridgehead atoms. The van der Waals surface area contributed by atoms with Crippen molar-refractivity contribution in [3.63, 3.8) is 0 Å². The highest BCUT2D eigenvalue weighted by molar-refractivity contribution is 7.80. The van der Waals surface area contributed by atoms with Gasteiger partial charge in [-0.25, -0.2) is 0 Å². The molecule has 3 nitrogen and oxygen atoms in total. The third kappa shape index (κ3) is 4.35. The molecule has 1 aliphatic carbocycles. The summed E-state index contributed by atoms with van der Waals surface area (Å²) in [7, 11) is 0. The van der Waals surface area contributed by atoms with Crippen molar-refractivity contribution >= 4 is 23.0 Å². The molecule has 0 aromatic heterocycles. The summed E-state index contributed by atoms with van der Waals surface area (Å²) >= 11 is 5.51. The SMILES string of the molecule is CC(C)Oc1ccc(NC(=S)NC2(C(C)C)CCCC2)cc1. The van der Waals surface area contributed by atoms with Crippen molar-refractivity contribution in [1.29, 1.82) is 0 Å². The lowest BCUT2D eigenvalue weighted by Gasteiger charge is -2.35. The van der Waals surface area contributed by atoms with Crippen molar-refractivity contribution in [2.45, 2.75) is 65.0 Å². The van der Waals surface area contributed by atoms with Crippen LogP contribution in [0.3, 0.4) is 0 Å². The Kier molecular flexibility index (Phi) is 5.68. The van der Waals surface area contributed by atoms with Gasteiger partial charge < -0.3 is 15.4 Å². The third-order valence-electron chi connectivity index (χ3n) is 4.45. The van der Waals surface area contributed by atoms with Crippen molar-refractivity contribution in [2.24, 2.45) is 5.92 Å². The number of nitrogens with one attached hydrogen (secondary N) is 2. The lowest BCUT2D eigenvalue weighted by molar-refractivity contribution is 0.242. The van der Waals surface area contributed by atoms with E-state index in [2.05, 4.69) is 24.5 Å². The maximum atomic E-state index is 5.65. The fourth-order valence-electron chi connectivity index (χ4n) is 3.13. The van der Waals surface area contributed by atoms with Crippen LogP contribution in [0.5, 0.6) is 5.75 Å². The Balaban J connectivity index is 1.94. The van der Waals surface area contributed by atoms with Gasteiger partial charge in [-0.2, -0.15) is 0 Å². The van der Waals surface area contributed by atoms with Crippen LogP contribution in [0.4, 0.5) is 5.69 Å². The minimum Gasteiger partial charge on any atom is -0.491 e. The number of rotatable bonds is 5. The molecule has 22 heavy (non-hydrogen) atoms. The molecule has 0 atom stereocenters. The fourth-order valence-corrected chi connectivity index (χ4v) is 3.45. The minimum atomic E-state index is 0.158. The zero-order chi connectivity index (χ0) is 16.2. The molecule has 1 saturated carbocycles. The second kappa shape index (κ2) is 7.32. The van der Waals surface area contributed by atoms with Crippen LogP contribution in [0.2, 0.25) is 0 Å². The molecule has 0 amide bonds. The molecule has 0 unspecified atom stereocenters. The van der Waals surface area contributed by atoms with Gasteiger partial charge in [-0.15, -0.1) is 0 Å². The molecular weight excluding hydrogens is 292 g/mol. The van der Waals surface area contributed by atoms with Crippen molar-refractivity contribution < 1.29 is 4.74 Å². The van der Waals surface area contributed by atoms with Crippen LogP contribution in [-0.4, -0.2) is 16.8 Å². The van der Waals surface area contributed by atoms with Crippen molar-refractivity contribution in [3.05, 3.63) is 24.3 Å². The summed E-state index contributed by atoms with van der Waals surface area (Å²) in [6, 6.07) is 7.95. The predicted molar refractivity (Wildman–Crippen MR) is 97.6 cm³/mol. The second-order valence-electron chi connectivity index (χ2n) is 6.79. The second-order valence-corrected chi connectivity index (χ2v) is 7.20. The third-order valence-corrected chi connectivity index (χ3v) is 4.65. The van der Waals surface area contributed by atoms with Gasteiger partial charge in [-0.05, 0) is 69.1 Å². The lowest BCUT2D eigenvalue weighted by Crippen LogP contribution is -2.51. The van der Waals surface area contributed by atoms with E-state index in [4.69, 9.17) is 17.0 Å². The molecule has 4 heteroatoms. The van der Waals surface area contributed by atoms with E-state index in [1.54, 1.807) is 0 Å². The highest BCUT2D eigenvalue weighted by Crippen LogP contribution is 2.35. The molecule has 2 N–H and O–H groups in total. The number of thiocarbonyl (C=S) groups is 1. The maximum Gasteiger partial charge on any atom is 0.171 e. The van der Waals surface area contributed by atoms with Gasteiger partial charge >= 0.3 is 0 Å². The first-order chi connectivity index (χ1) is 10.4. The van der Waals surface area contributed by atoms with Crippen LogP contribution in [0.1, 0.15) is 53.4 Å². The van der Waals surface area contributed by atoms with Gasteiger partial charge in [0.2, 0.25) is 0 Å². The summed E-state index contributed by atoms with van der Waals surface area (Å²) < 4.78 is 5.65.